The van der Waals surface area contributed by atoms with Gasteiger partial charge in [-0.25, -0.2) is 0 Å². The standard InChI is InChI=1S/C10H10ClNO2S/c1-7(13)10(12-14)6-15-9-4-2-8(11)3-5-9/h2-5,14H,6H2,1H3/b12-10-. The SMILES string of the molecule is CC(=O)/C(CSc1ccc(Cl)cc1)=N\O. The third kappa shape index (κ3) is 3.93. The molecule has 15 heavy (non-hydrogen) atoms. The summed E-state index contributed by atoms with van der Waals surface area (Å²) in [7, 11) is 0. The smallest absolute Gasteiger partial charge is 0.178 e. The maximum absolute atomic E-state index is 10.9. The summed E-state index contributed by atoms with van der Waals surface area (Å²) in [6.07, 6.45) is 0. The van der Waals surface area contributed by atoms with Crippen molar-refractivity contribution in [1.29, 1.82) is 0 Å². The quantitative estimate of drug-likeness (QED) is 0.383. The van der Waals surface area contributed by atoms with E-state index in [1.165, 1.54) is 18.7 Å². The van der Waals surface area contributed by atoms with Gasteiger partial charge in [0, 0.05) is 22.6 Å². The van der Waals surface area contributed by atoms with Crippen LogP contribution in [0.3, 0.4) is 0 Å². The number of benzene rings is 1. The van der Waals surface area contributed by atoms with Gasteiger partial charge in [0.2, 0.25) is 0 Å². The molecule has 1 N–H and O–H groups in total. The van der Waals surface area contributed by atoms with E-state index in [2.05, 4.69) is 5.16 Å². The largest absolute Gasteiger partial charge is 0.411 e. The Balaban J connectivity index is 2.57. The van der Waals surface area contributed by atoms with Crippen LogP contribution >= 0.6 is 23.4 Å². The lowest BCUT2D eigenvalue weighted by molar-refractivity contribution is -0.111. The Morgan fingerprint density at radius 2 is 2.07 bits per heavy atom. The van der Waals surface area contributed by atoms with Gasteiger partial charge in [-0.2, -0.15) is 0 Å². The van der Waals surface area contributed by atoms with Crippen molar-refractivity contribution in [3.63, 3.8) is 0 Å². The number of thioether (sulfide) groups is 1. The van der Waals surface area contributed by atoms with Crippen LogP contribution in [-0.4, -0.2) is 22.5 Å². The molecular formula is C10H10ClNO2S. The van der Waals surface area contributed by atoms with E-state index in [1.54, 1.807) is 12.1 Å². The fourth-order valence-corrected chi connectivity index (χ4v) is 1.90. The van der Waals surface area contributed by atoms with Gasteiger partial charge in [0.05, 0.1) is 0 Å². The molecule has 80 valence electrons. The lowest BCUT2D eigenvalue weighted by Gasteiger charge is -2.01. The zero-order valence-corrected chi connectivity index (χ0v) is 9.68. The van der Waals surface area contributed by atoms with Crippen LogP contribution in [0.4, 0.5) is 0 Å². The number of carbonyl (C=O) groups is 1. The third-order valence-corrected chi connectivity index (χ3v) is 2.99. The molecule has 0 heterocycles. The van der Waals surface area contributed by atoms with E-state index in [0.717, 1.165) is 4.90 Å². The molecule has 0 atom stereocenters. The van der Waals surface area contributed by atoms with Crippen LogP contribution in [-0.2, 0) is 4.79 Å². The fourth-order valence-electron chi connectivity index (χ4n) is 0.883. The van der Waals surface area contributed by atoms with Gasteiger partial charge in [0.1, 0.15) is 5.71 Å². The van der Waals surface area contributed by atoms with Crippen molar-refractivity contribution in [3.8, 4) is 0 Å². The lowest BCUT2D eigenvalue weighted by Crippen LogP contribution is -2.12. The topological polar surface area (TPSA) is 49.7 Å². The minimum atomic E-state index is -0.223. The van der Waals surface area contributed by atoms with Gasteiger partial charge in [-0.05, 0) is 24.3 Å². The van der Waals surface area contributed by atoms with Crippen molar-refractivity contribution in [1.82, 2.24) is 0 Å². The van der Waals surface area contributed by atoms with Gasteiger partial charge >= 0.3 is 0 Å². The highest BCUT2D eigenvalue weighted by Gasteiger charge is 2.06. The Hall–Kier alpha value is -1.00. The van der Waals surface area contributed by atoms with E-state index in [0.29, 0.717) is 10.8 Å². The van der Waals surface area contributed by atoms with Crippen molar-refractivity contribution in [2.45, 2.75) is 11.8 Å². The molecule has 3 nitrogen and oxygen atoms in total. The van der Waals surface area contributed by atoms with E-state index in [9.17, 15) is 4.79 Å². The highest BCUT2D eigenvalue weighted by atomic mass is 35.5. The highest BCUT2D eigenvalue weighted by molar-refractivity contribution is 8.00. The van der Waals surface area contributed by atoms with Crippen LogP contribution in [0.25, 0.3) is 0 Å². The van der Waals surface area contributed by atoms with Crippen LogP contribution in [0.2, 0.25) is 5.02 Å². The summed E-state index contributed by atoms with van der Waals surface area (Å²) in [6.45, 7) is 1.37. The average molecular weight is 244 g/mol. The molecule has 0 aliphatic rings. The molecule has 1 aromatic carbocycles. The molecule has 1 aromatic rings. The second kappa shape index (κ2) is 5.78. The Bertz CT molecular complexity index is 376. The van der Waals surface area contributed by atoms with Gasteiger partial charge in [0.25, 0.3) is 0 Å². The molecule has 0 saturated heterocycles. The Morgan fingerprint density at radius 1 is 1.47 bits per heavy atom. The molecule has 0 saturated carbocycles. The predicted octanol–water partition coefficient (Wildman–Crippen LogP) is 2.85. The van der Waals surface area contributed by atoms with Crippen LogP contribution in [0.15, 0.2) is 34.3 Å². The summed E-state index contributed by atoms with van der Waals surface area (Å²) in [4.78, 5) is 11.9. The van der Waals surface area contributed by atoms with Crippen molar-refractivity contribution in [3.05, 3.63) is 29.3 Å². The van der Waals surface area contributed by atoms with Crippen LogP contribution in [0, 0.1) is 0 Å². The summed E-state index contributed by atoms with van der Waals surface area (Å²) in [5.74, 6) is 0.131. The van der Waals surface area contributed by atoms with Crippen molar-refractivity contribution < 1.29 is 10.0 Å². The maximum Gasteiger partial charge on any atom is 0.178 e. The molecule has 0 aliphatic carbocycles. The van der Waals surface area contributed by atoms with E-state index in [-0.39, 0.29) is 11.5 Å². The minimum Gasteiger partial charge on any atom is -0.411 e. The van der Waals surface area contributed by atoms with Crippen molar-refractivity contribution in [2.75, 3.05) is 5.75 Å². The number of hydrogen-bond donors (Lipinski definition) is 1. The van der Waals surface area contributed by atoms with Crippen LogP contribution in [0.1, 0.15) is 6.92 Å². The third-order valence-electron chi connectivity index (χ3n) is 1.72. The monoisotopic (exact) mass is 243 g/mol. The average Bonchev–Trinajstić information content (AvgIpc) is 2.21. The summed E-state index contributed by atoms with van der Waals surface area (Å²) in [5, 5.41) is 12.2. The Labute approximate surface area is 97.1 Å². The minimum absolute atomic E-state index is 0.162. The maximum atomic E-state index is 10.9. The number of carbonyl (C=O) groups excluding carboxylic acids is 1. The van der Waals surface area contributed by atoms with E-state index >= 15 is 0 Å². The molecule has 0 aromatic heterocycles. The van der Waals surface area contributed by atoms with Crippen LogP contribution < -0.4 is 0 Å². The fraction of sp³-hybridized carbons (Fsp3) is 0.200. The van der Waals surface area contributed by atoms with Gasteiger partial charge in [-0.3, -0.25) is 4.79 Å². The van der Waals surface area contributed by atoms with E-state index in [4.69, 9.17) is 16.8 Å². The first-order valence-corrected chi connectivity index (χ1v) is 5.60. The second-order valence-corrected chi connectivity index (χ2v) is 4.33. The van der Waals surface area contributed by atoms with E-state index in [1.807, 2.05) is 12.1 Å². The summed E-state index contributed by atoms with van der Waals surface area (Å²) in [6, 6.07) is 7.24. The molecule has 0 unspecified atom stereocenters. The van der Waals surface area contributed by atoms with Gasteiger partial charge in [-0.1, -0.05) is 16.8 Å². The molecule has 1 rings (SSSR count). The number of halogens is 1. The Morgan fingerprint density at radius 3 is 2.53 bits per heavy atom. The Kier molecular flexibility index (Phi) is 4.65. The first kappa shape index (κ1) is 12.1. The molecular weight excluding hydrogens is 234 g/mol. The number of oxime groups is 1. The lowest BCUT2D eigenvalue weighted by atomic mass is 10.3. The van der Waals surface area contributed by atoms with Gasteiger partial charge in [-0.15, -0.1) is 11.8 Å². The number of nitrogens with zero attached hydrogens (tertiary/aromatic N) is 1. The summed E-state index contributed by atoms with van der Waals surface area (Å²) in [5.41, 5.74) is 0.162. The second-order valence-electron chi connectivity index (χ2n) is 2.85. The van der Waals surface area contributed by atoms with Gasteiger partial charge in [0.15, 0.2) is 5.78 Å². The number of rotatable bonds is 4. The van der Waals surface area contributed by atoms with Crippen molar-refractivity contribution in [2.24, 2.45) is 5.16 Å². The zero-order chi connectivity index (χ0) is 11.3. The number of Topliss-reactive ketones (excluding diaryl/α,β-unsaturated/α-hetero) is 1. The first-order chi connectivity index (χ1) is 7.13. The normalized spacial score (nSPS) is 11.5. The molecule has 5 heteroatoms. The summed E-state index contributed by atoms with van der Waals surface area (Å²) < 4.78 is 0. The number of hydrogen-bond acceptors (Lipinski definition) is 4. The molecule has 0 radical (unpaired) electrons. The van der Waals surface area contributed by atoms with Crippen LogP contribution in [0.5, 0.6) is 0 Å². The zero-order valence-electron chi connectivity index (χ0n) is 8.11. The first-order valence-electron chi connectivity index (χ1n) is 4.23. The molecule has 0 aliphatic heterocycles. The predicted molar refractivity (Wildman–Crippen MR) is 62.1 cm³/mol. The van der Waals surface area contributed by atoms with Gasteiger partial charge < -0.3 is 5.21 Å². The number of ketones is 1. The molecule has 0 amide bonds. The summed E-state index contributed by atoms with van der Waals surface area (Å²) >= 11 is 7.14. The molecule has 0 spiro atoms. The highest BCUT2D eigenvalue weighted by Crippen LogP contribution is 2.20. The van der Waals surface area contributed by atoms with Crippen molar-refractivity contribution >= 4 is 34.9 Å². The van der Waals surface area contributed by atoms with E-state index < -0.39 is 0 Å². The molecule has 0 fully saturated rings. The molecule has 0 bridgehead atoms.